The normalized spacial score (nSPS) is 15.9. The molecule has 0 radical (unpaired) electrons. The highest BCUT2D eigenvalue weighted by Gasteiger charge is 2.39. The van der Waals surface area contributed by atoms with Crippen molar-refractivity contribution < 1.29 is 76.9 Å². The Bertz CT molecular complexity index is 7970. The molecule has 28 heteroatoms. The van der Waals surface area contributed by atoms with Gasteiger partial charge in [0.05, 0.1) is 56.1 Å². The van der Waals surface area contributed by atoms with E-state index in [4.69, 9.17) is 30.6 Å². The summed E-state index contributed by atoms with van der Waals surface area (Å²) in [5.74, 6) is 0.962. The van der Waals surface area contributed by atoms with Crippen LogP contribution in [0, 0.1) is 0 Å². The first-order valence-corrected chi connectivity index (χ1v) is 47.8. The van der Waals surface area contributed by atoms with Gasteiger partial charge in [0.25, 0.3) is 0 Å². The molecule has 11 aromatic carbocycles. The molecule has 720 valence electrons. The maximum absolute atomic E-state index is 12.5. The third kappa shape index (κ3) is 22.4. The van der Waals surface area contributed by atoms with Gasteiger partial charge in [-0.05, 0) is 223 Å². The van der Waals surface area contributed by atoms with E-state index in [0.717, 1.165) is 77.3 Å². The van der Waals surface area contributed by atoms with E-state index >= 15 is 0 Å². The van der Waals surface area contributed by atoms with Gasteiger partial charge in [0.1, 0.15) is 47.7 Å². The smallest absolute Gasteiger partial charge is 0.228 e. The van der Waals surface area contributed by atoms with Gasteiger partial charge in [-0.15, -0.1) is 11.3 Å². The SMILES string of the molecule is CC(=O)N1/C(=C\c2ccc(CO)o2)C(=O)c2ccccc21.CC(=O)N1/C(=C\c2ccc[nH]2)C(=O)c2ccccc21.CC(=O)N1/C(=C\c2ccccc2O)C(=O)c2ccccc21.O=C1/C(=C/c2ccc(CO)o2)Sc2ccccc21.O=C1/C(=C/c2ccc[nH]2)Nc2ccccc21.O=C1/C(=C/c2ccccc2)Nc2ccccc21.O=C1/C(=C/c2ccccc2Cl)Nc2ccccc21.O=C1/C(=C/c2cccs2)Nc2ccccc21. The zero-order valence-electron chi connectivity index (χ0n) is 78.2. The van der Waals surface area contributed by atoms with Crippen LogP contribution in [0.5, 0.6) is 5.75 Å². The summed E-state index contributed by atoms with van der Waals surface area (Å²) in [6.45, 7) is 3.93. The predicted octanol–water partition coefficient (Wildman–Crippen LogP) is 24.4. The molecule has 13 heterocycles. The number of carbonyl (C=O) groups excluding carboxylic acids is 11. The number of aliphatic hydroxyl groups excluding tert-OH is 2. The molecule has 0 spiro atoms. The summed E-state index contributed by atoms with van der Waals surface area (Å²) in [5.41, 5.74) is 18.0. The first-order chi connectivity index (χ1) is 70.9. The second-order valence-electron chi connectivity index (χ2n) is 33.0. The lowest BCUT2D eigenvalue weighted by Crippen LogP contribution is -2.25. The summed E-state index contributed by atoms with van der Waals surface area (Å²) in [6.07, 6.45) is 17.5. The number of H-pyrrole nitrogens is 2. The number of furan rings is 2. The summed E-state index contributed by atoms with van der Waals surface area (Å²) < 4.78 is 10.7. The van der Waals surface area contributed by atoms with Gasteiger partial charge in [-0.2, -0.15) is 0 Å². The van der Waals surface area contributed by atoms with Crippen molar-refractivity contribution in [2.75, 3.05) is 36.0 Å². The lowest BCUT2D eigenvalue weighted by Gasteiger charge is -2.16. The fraction of sp³-hybridized carbons (Fsp3) is 0.0424. The highest BCUT2D eigenvalue weighted by Crippen LogP contribution is 2.44. The van der Waals surface area contributed by atoms with Crippen molar-refractivity contribution in [2.24, 2.45) is 0 Å². The molecule has 8 aliphatic rings. The summed E-state index contributed by atoms with van der Waals surface area (Å²) >= 11 is 9.14. The number of phenols is 1. The third-order valence-corrected chi connectivity index (χ3v) is 25.6. The van der Waals surface area contributed by atoms with Crippen LogP contribution < -0.4 is 36.0 Å². The van der Waals surface area contributed by atoms with Gasteiger partial charge in [-0.3, -0.25) is 67.4 Å². The Balaban J connectivity index is 0.000000114. The number of hydrogen-bond donors (Lipinski definition) is 9. The number of amides is 3. The molecular formula is C118H88ClN9O16S2. The molecular weight excluding hydrogens is 1900 g/mol. The van der Waals surface area contributed by atoms with Crippen molar-refractivity contribution in [1.82, 2.24) is 9.97 Å². The van der Waals surface area contributed by atoms with Crippen LogP contribution in [0.25, 0.3) is 48.6 Å². The first kappa shape index (κ1) is 99.1. The minimum Gasteiger partial charge on any atom is -0.507 e. The number of fused-ring (bicyclic) bond motifs is 8. The maximum atomic E-state index is 12.5. The summed E-state index contributed by atoms with van der Waals surface area (Å²) in [6, 6.07) is 101. The Labute approximate surface area is 850 Å². The van der Waals surface area contributed by atoms with Crippen LogP contribution in [-0.4, -0.2) is 89.3 Å². The molecule has 24 rings (SSSR count). The number of phenolic OH excluding ortho intramolecular Hbond substituents is 1. The number of para-hydroxylation sites is 8. The number of benzene rings is 11. The Hall–Kier alpha value is -18.5. The number of allylic oxidation sites excluding steroid dienone is 8. The second kappa shape index (κ2) is 45.4. The molecule has 0 aliphatic carbocycles. The summed E-state index contributed by atoms with van der Waals surface area (Å²) in [4.78, 5) is 146. The zero-order chi connectivity index (χ0) is 102. The first-order valence-electron chi connectivity index (χ1n) is 45.7. The molecule has 16 aromatic rings. The fourth-order valence-electron chi connectivity index (χ4n) is 16.5. The van der Waals surface area contributed by atoms with Crippen LogP contribution in [0.15, 0.2) is 410 Å². The molecule has 0 atom stereocenters. The minimum atomic E-state index is -0.242. The number of nitrogens with zero attached hydrogens (tertiary/aromatic N) is 3. The molecule has 0 unspecified atom stereocenters. The van der Waals surface area contributed by atoms with Crippen LogP contribution in [0.3, 0.4) is 0 Å². The van der Waals surface area contributed by atoms with Crippen molar-refractivity contribution in [2.45, 2.75) is 38.9 Å². The number of rotatable bonds is 10. The number of aliphatic hydroxyl groups is 2. The van der Waals surface area contributed by atoms with E-state index in [0.29, 0.717) is 106 Å². The molecule has 0 saturated heterocycles. The minimum absolute atomic E-state index is 0.00511. The van der Waals surface area contributed by atoms with Crippen LogP contribution in [0.2, 0.25) is 5.02 Å². The van der Waals surface area contributed by atoms with Crippen molar-refractivity contribution in [1.29, 1.82) is 0 Å². The molecule has 0 fully saturated rings. The molecule has 5 aromatic heterocycles. The Morgan fingerprint density at radius 1 is 0.329 bits per heavy atom. The van der Waals surface area contributed by atoms with Gasteiger partial charge in [-0.1, -0.05) is 193 Å². The lowest BCUT2D eigenvalue weighted by molar-refractivity contribution is -0.116. The van der Waals surface area contributed by atoms with Crippen LogP contribution in [-0.2, 0) is 27.6 Å². The summed E-state index contributed by atoms with van der Waals surface area (Å²) in [7, 11) is 0. The maximum Gasteiger partial charge on any atom is 0.228 e. The number of anilines is 7. The second-order valence-corrected chi connectivity index (χ2v) is 35.5. The predicted molar refractivity (Wildman–Crippen MR) is 571 cm³/mol. The number of Topliss-reactive ketones (excluding diaryl/α,β-unsaturated/α-hetero) is 8. The fourth-order valence-corrected chi connectivity index (χ4v) is 18.4. The quantitative estimate of drug-likeness (QED) is 0.0574. The number of aromatic amines is 2. The number of hydrogen-bond acceptors (Lipinski definition) is 22. The Morgan fingerprint density at radius 3 is 1.12 bits per heavy atom. The third-order valence-electron chi connectivity index (χ3n) is 23.3. The molecule has 0 bridgehead atoms. The zero-order valence-corrected chi connectivity index (χ0v) is 80.6. The van der Waals surface area contributed by atoms with Crippen LogP contribution >= 0.6 is 34.7 Å². The number of nitrogens with one attached hydrogen (secondary N) is 6. The standard InChI is InChI=1S/C17H13NO3.C16H13NO4.C15H10ClNO.C15H12N2O2.C15H11NO.C14H10O3S.C13H10N2O.C13H9NOS/c1-11(19)18-14-8-4-3-7-13(14)17(21)15(18)10-12-6-2-5-9-16(12)20;1-10(19)17-14-5-3-2-4-13(14)16(20)15(17)8-11-6-7-12(9-18)21-11;16-12-7-3-1-5-10(12)9-14-15(18)11-6-2-4-8-13(11)17-14;1-10(18)17-13-7-3-2-6-12(13)15(19)14(17)9-11-5-4-8-16-11;17-15-12-8-4-5-9-13(12)16-14(15)10-11-6-2-1-3-7-11;15-8-10-6-5-9(17-10)7-13-14(16)11-3-1-2-4-12(11)18-13;16-13-10-5-1-2-6-11(10)15-12(13)8-9-4-3-7-14-9;15-13-10-5-1-2-6-11(10)14-12(13)8-9-4-3-7-16-9/h2-10,20H,1H3;2-8,18H,9H2,1H3;1-9,17H;2-9,16H,1H3;1-10,16H;1-7,15H,8H2;1-8,14-15H;1-8,14H/b15-10-;15-8-;2*14-9-;14-10-;13-7-;2*12-8-. The number of halogens is 1. The van der Waals surface area contributed by atoms with E-state index in [1.807, 2.05) is 242 Å². The Kier molecular flexibility index (Phi) is 30.8. The van der Waals surface area contributed by atoms with Gasteiger partial charge < -0.3 is 55.4 Å². The van der Waals surface area contributed by atoms with E-state index in [1.165, 1.54) is 59.4 Å². The van der Waals surface area contributed by atoms with Crippen LogP contribution in [0.4, 0.5) is 39.8 Å². The molecule has 3 amide bonds. The van der Waals surface area contributed by atoms with E-state index in [1.54, 1.807) is 157 Å². The number of thioether (sulfide) groups is 1. The molecule has 0 saturated carbocycles. The van der Waals surface area contributed by atoms with E-state index in [-0.39, 0.29) is 94.3 Å². The Morgan fingerprint density at radius 2 is 0.705 bits per heavy atom. The molecule has 8 aliphatic heterocycles. The lowest BCUT2D eigenvalue weighted by atomic mass is 10.1. The van der Waals surface area contributed by atoms with Gasteiger partial charge in [-0.25, -0.2) is 0 Å². The van der Waals surface area contributed by atoms with Gasteiger partial charge in [0.15, 0.2) is 0 Å². The van der Waals surface area contributed by atoms with E-state index in [2.05, 4.69) is 31.2 Å². The number of aromatic hydroxyl groups is 1. The van der Waals surface area contributed by atoms with E-state index < -0.39 is 0 Å². The molecule has 25 nitrogen and oxygen atoms in total. The number of thiophene rings is 1. The largest absolute Gasteiger partial charge is 0.507 e. The van der Waals surface area contributed by atoms with Gasteiger partial charge in [0.2, 0.25) is 64.0 Å². The average molecular weight is 1990 g/mol. The molecule has 9 N–H and O–H groups in total. The van der Waals surface area contributed by atoms with Gasteiger partial charge >= 0.3 is 0 Å². The monoisotopic (exact) mass is 1990 g/mol. The summed E-state index contributed by atoms with van der Waals surface area (Å²) in [5, 5.41) is 42.9. The van der Waals surface area contributed by atoms with Gasteiger partial charge in [0, 0.05) is 138 Å². The average Bonchev–Trinajstić information content (AvgIpc) is 1.62. The van der Waals surface area contributed by atoms with E-state index in [9.17, 15) is 57.8 Å². The van der Waals surface area contributed by atoms with Crippen molar-refractivity contribution in [3.8, 4) is 5.75 Å². The number of aromatic nitrogens is 2. The number of ketones is 8. The van der Waals surface area contributed by atoms with Crippen molar-refractivity contribution >= 4 is 187 Å². The molecule has 146 heavy (non-hydrogen) atoms. The number of carbonyl (C=O) groups is 11. The van der Waals surface area contributed by atoms with Crippen molar-refractivity contribution in [3.63, 3.8) is 0 Å². The van der Waals surface area contributed by atoms with Crippen LogP contribution in [0.1, 0.15) is 160 Å². The van der Waals surface area contributed by atoms with Crippen molar-refractivity contribution in [3.05, 3.63) is 502 Å². The highest BCUT2D eigenvalue weighted by molar-refractivity contribution is 8.04. The highest BCUT2D eigenvalue weighted by atomic mass is 35.5. The topological polar surface area (TPSA) is 364 Å².